The molecule has 4 aliphatic carbocycles. The summed E-state index contributed by atoms with van der Waals surface area (Å²) in [6, 6.07) is 0. The third-order valence-corrected chi connectivity index (χ3v) is 11.1. The van der Waals surface area contributed by atoms with Gasteiger partial charge in [-0.25, -0.2) is 4.79 Å². The van der Waals surface area contributed by atoms with Crippen LogP contribution in [0.2, 0.25) is 0 Å². The normalized spacial score (nSPS) is 39.6. The maximum absolute atomic E-state index is 12.6. The number of amides is 2. The molecule has 8 atom stereocenters. The fourth-order valence-electron chi connectivity index (χ4n) is 9.00. The van der Waals surface area contributed by atoms with E-state index in [2.05, 4.69) is 19.9 Å². The second-order valence-corrected chi connectivity index (χ2v) is 13.3. The molecule has 0 aromatic rings. The van der Waals surface area contributed by atoms with E-state index >= 15 is 0 Å². The second kappa shape index (κ2) is 11.1. The van der Waals surface area contributed by atoms with Crippen molar-refractivity contribution in [3.8, 4) is 0 Å². The quantitative estimate of drug-likeness (QED) is 0.255. The lowest BCUT2D eigenvalue weighted by molar-refractivity contribution is -0.197. The molecule has 216 valence electrons. The number of aliphatic hydroxyl groups is 1. The molecule has 39 heavy (non-hydrogen) atoms. The molecule has 0 unspecified atom stereocenters. The lowest BCUT2D eigenvalue weighted by Crippen LogP contribution is -2.55. The summed E-state index contributed by atoms with van der Waals surface area (Å²) in [6.07, 6.45) is 11.4. The van der Waals surface area contributed by atoms with Crippen LogP contribution in [0, 0.1) is 34.5 Å². The van der Waals surface area contributed by atoms with Crippen molar-refractivity contribution in [1.29, 1.82) is 0 Å². The minimum Gasteiger partial charge on any atom is -0.393 e. The van der Waals surface area contributed by atoms with Crippen molar-refractivity contribution >= 4 is 23.6 Å². The van der Waals surface area contributed by atoms with Crippen molar-refractivity contribution in [2.75, 3.05) is 6.61 Å². The number of unbranched alkanes of at least 4 members (excludes halogenated alkanes) is 2. The number of fused-ring (bicyclic) bond motifs is 5. The Morgan fingerprint density at radius 3 is 2.46 bits per heavy atom. The Kier molecular flexibility index (Phi) is 8.08. The summed E-state index contributed by atoms with van der Waals surface area (Å²) >= 11 is 0. The largest absolute Gasteiger partial charge is 0.393 e. The molecule has 8 heteroatoms. The predicted molar refractivity (Wildman–Crippen MR) is 143 cm³/mol. The molecule has 1 saturated heterocycles. The van der Waals surface area contributed by atoms with E-state index in [4.69, 9.17) is 9.57 Å². The molecule has 8 nitrogen and oxygen atoms in total. The summed E-state index contributed by atoms with van der Waals surface area (Å²) in [5, 5.41) is 11.1. The molecule has 2 amide bonds. The fourth-order valence-corrected chi connectivity index (χ4v) is 9.00. The number of rotatable bonds is 9. The van der Waals surface area contributed by atoms with Crippen LogP contribution in [0.5, 0.6) is 0 Å². The molecule has 1 N–H and O–H groups in total. The van der Waals surface area contributed by atoms with Crippen LogP contribution in [-0.4, -0.2) is 52.6 Å². The van der Waals surface area contributed by atoms with Gasteiger partial charge < -0.3 is 14.7 Å². The highest BCUT2D eigenvalue weighted by Crippen LogP contribution is 2.66. The van der Waals surface area contributed by atoms with Gasteiger partial charge in [-0.2, -0.15) is 0 Å². The minimum atomic E-state index is -0.558. The van der Waals surface area contributed by atoms with Crippen molar-refractivity contribution in [2.24, 2.45) is 34.5 Å². The minimum absolute atomic E-state index is 0.0177. The van der Waals surface area contributed by atoms with Crippen LogP contribution in [0.25, 0.3) is 0 Å². The Hall–Kier alpha value is -2.06. The number of ether oxygens (including phenoxy) is 1. The van der Waals surface area contributed by atoms with Crippen molar-refractivity contribution in [2.45, 2.75) is 116 Å². The first-order chi connectivity index (χ1) is 18.5. The van der Waals surface area contributed by atoms with Crippen molar-refractivity contribution in [1.82, 2.24) is 5.06 Å². The summed E-state index contributed by atoms with van der Waals surface area (Å²) < 4.78 is 6.62. The average Bonchev–Trinajstić information content (AvgIpc) is 3.40. The van der Waals surface area contributed by atoms with E-state index in [-0.39, 0.29) is 48.2 Å². The maximum Gasteiger partial charge on any atom is 0.333 e. The number of nitrogens with zero attached hydrogens (tertiary/aromatic N) is 1. The Morgan fingerprint density at radius 1 is 1.00 bits per heavy atom. The Morgan fingerprint density at radius 2 is 1.74 bits per heavy atom. The number of hydrogen-bond acceptors (Lipinski definition) is 7. The molecular weight excluding hydrogens is 498 g/mol. The van der Waals surface area contributed by atoms with Crippen LogP contribution in [0.4, 0.5) is 0 Å². The zero-order valence-electron chi connectivity index (χ0n) is 23.8. The number of ketones is 1. The molecule has 0 aromatic carbocycles. The van der Waals surface area contributed by atoms with Crippen LogP contribution in [0.15, 0.2) is 11.6 Å². The van der Waals surface area contributed by atoms with Gasteiger partial charge in [0.05, 0.1) is 12.2 Å². The summed E-state index contributed by atoms with van der Waals surface area (Å²) in [4.78, 5) is 52.9. The highest BCUT2D eigenvalue weighted by Gasteiger charge is 2.61. The zero-order chi connectivity index (χ0) is 27.9. The molecule has 3 saturated carbocycles. The molecule has 1 aliphatic heterocycles. The van der Waals surface area contributed by atoms with Crippen LogP contribution < -0.4 is 0 Å². The summed E-state index contributed by atoms with van der Waals surface area (Å²) in [6.45, 7) is 7.09. The summed E-state index contributed by atoms with van der Waals surface area (Å²) in [5.41, 5.74) is 1.48. The van der Waals surface area contributed by atoms with Crippen LogP contribution >= 0.6 is 0 Å². The summed E-state index contributed by atoms with van der Waals surface area (Å²) in [7, 11) is 0. The standard InChI is InChI=1S/C31H45NO7/c1-19(33)22-8-9-23-29-24(13-15-31(22,23)3)30(2)14-12-21(34)17-20(30)18-25(29)38-16-6-4-5-7-28(37)39-32-26(35)10-11-27(32)36/h18,21-25,29,34H,4-17H2,1-3H3/t21-,22+,23-,24-,25-,29-,30-,31+/m0/s1. The topological polar surface area (TPSA) is 110 Å². The van der Waals surface area contributed by atoms with E-state index in [0.29, 0.717) is 41.6 Å². The smallest absolute Gasteiger partial charge is 0.333 e. The van der Waals surface area contributed by atoms with Gasteiger partial charge in [0.1, 0.15) is 5.78 Å². The number of hydrogen-bond donors (Lipinski definition) is 1. The number of imide groups is 1. The number of Topliss-reactive ketones (excluding diaryl/α,β-unsaturated/α-hetero) is 1. The zero-order valence-corrected chi connectivity index (χ0v) is 23.8. The molecule has 5 rings (SSSR count). The first kappa shape index (κ1) is 28.5. The highest BCUT2D eigenvalue weighted by molar-refractivity contribution is 6.01. The maximum atomic E-state index is 12.6. The van der Waals surface area contributed by atoms with Gasteiger partial charge >= 0.3 is 5.97 Å². The SMILES string of the molecule is CC(=O)[C@H]1CC[C@H]2[C@@H]3[C@@H](OCCCCCC(=O)ON4C(=O)CCC4=O)C=C4C[C@@H](O)CC[C@]4(C)[C@H]3CC[C@]12C. The number of aliphatic hydroxyl groups excluding tert-OH is 1. The molecule has 0 aromatic heterocycles. The van der Waals surface area contributed by atoms with Crippen molar-refractivity contribution in [3.05, 3.63) is 11.6 Å². The molecule has 0 bridgehead atoms. The first-order valence-electron chi connectivity index (χ1n) is 15.1. The van der Waals surface area contributed by atoms with Gasteiger partial charge in [0.25, 0.3) is 11.8 Å². The van der Waals surface area contributed by atoms with E-state index < -0.39 is 17.8 Å². The van der Waals surface area contributed by atoms with Crippen molar-refractivity contribution < 1.29 is 33.9 Å². The monoisotopic (exact) mass is 543 g/mol. The van der Waals surface area contributed by atoms with E-state index in [1.54, 1.807) is 6.92 Å². The van der Waals surface area contributed by atoms with Gasteiger partial charge in [0.15, 0.2) is 0 Å². The van der Waals surface area contributed by atoms with E-state index in [1.165, 1.54) is 5.57 Å². The Labute approximate surface area is 231 Å². The molecule has 5 aliphatic rings. The lowest BCUT2D eigenvalue weighted by atomic mass is 9.46. The van der Waals surface area contributed by atoms with E-state index in [1.807, 2.05) is 0 Å². The fraction of sp³-hybridized carbons (Fsp3) is 0.806. The van der Waals surface area contributed by atoms with E-state index in [9.17, 15) is 24.3 Å². The molecule has 4 fully saturated rings. The summed E-state index contributed by atoms with van der Waals surface area (Å²) in [5.74, 6) is 0.332. The number of hydroxylamine groups is 2. The predicted octanol–water partition coefficient (Wildman–Crippen LogP) is 4.68. The number of carbonyl (C=O) groups excluding carboxylic acids is 4. The van der Waals surface area contributed by atoms with Gasteiger partial charge in [-0.3, -0.25) is 14.4 Å². The highest BCUT2D eigenvalue weighted by atomic mass is 16.7. The lowest BCUT2D eigenvalue weighted by Gasteiger charge is -2.59. The van der Waals surface area contributed by atoms with E-state index in [0.717, 1.165) is 57.8 Å². The average molecular weight is 544 g/mol. The Balaban J connectivity index is 1.20. The van der Waals surface area contributed by atoms with Gasteiger partial charge in [0.2, 0.25) is 0 Å². The third kappa shape index (κ3) is 5.23. The molecule has 1 heterocycles. The van der Waals surface area contributed by atoms with Gasteiger partial charge in [-0.15, -0.1) is 5.06 Å². The van der Waals surface area contributed by atoms with Gasteiger partial charge in [-0.1, -0.05) is 31.9 Å². The van der Waals surface area contributed by atoms with Gasteiger partial charge in [-0.05, 0) is 93.3 Å². The van der Waals surface area contributed by atoms with Crippen molar-refractivity contribution in [3.63, 3.8) is 0 Å². The van der Waals surface area contributed by atoms with Crippen LogP contribution in [-0.2, 0) is 28.8 Å². The van der Waals surface area contributed by atoms with Crippen LogP contribution in [0.1, 0.15) is 104 Å². The molecule has 0 spiro atoms. The van der Waals surface area contributed by atoms with Crippen LogP contribution in [0.3, 0.4) is 0 Å². The Bertz CT molecular complexity index is 1020. The second-order valence-electron chi connectivity index (χ2n) is 13.3. The molecule has 0 radical (unpaired) electrons. The first-order valence-corrected chi connectivity index (χ1v) is 15.1. The third-order valence-electron chi connectivity index (χ3n) is 11.1. The number of carbonyl (C=O) groups is 4. The molecular formula is C31H45NO7. The van der Waals surface area contributed by atoms with Gasteiger partial charge in [0, 0.05) is 31.8 Å².